The summed E-state index contributed by atoms with van der Waals surface area (Å²) in [6.07, 6.45) is 5.81. The van der Waals surface area contributed by atoms with Crippen LogP contribution in [-0.2, 0) is 22.5 Å². The van der Waals surface area contributed by atoms with Gasteiger partial charge in [-0.1, -0.05) is 31.2 Å². The van der Waals surface area contributed by atoms with E-state index >= 15 is 0 Å². The second-order valence-electron chi connectivity index (χ2n) is 7.96. The third-order valence-electron chi connectivity index (χ3n) is 5.56. The van der Waals surface area contributed by atoms with Crippen LogP contribution in [0.2, 0.25) is 0 Å². The van der Waals surface area contributed by atoms with Gasteiger partial charge in [0.15, 0.2) is 5.65 Å². The van der Waals surface area contributed by atoms with E-state index in [0.29, 0.717) is 13.2 Å². The monoisotopic (exact) mass is 440 g/mol. The highest BCUT2D eigenvalue weighted by Gasteiger charge is 2.14. The third-order valence-corrected chi connectivity index (χ3v) is 5.56. The summed E-state index contributed by atoms with van der Waals surface area (Å²) in [4.78, 5) is 25.9. The number of benzene rings is 1. The van der Waals surface area contributed by atoms with Gasteiger partial charge >= 0.3 is 5.97 Å². The van der Waals surface area contributed by atoms with Crippen molar-refractivity contribution in [3.05, 3.63) is 94.7 Å². The molecule has 168 valence electrons. The van der Waals surface area contributed by atoms with Gasteiger partial charge in [0.2, 0.25) is 0 Å². The van der Waals surface area contributed by atoms with Gasteiger partial charge in [0.05, 0.1) is 13.2 Å². The van der Waals surface area contributed by atoms with Crippen molar-refractivity contribution in [1.29, 1.82) is 0 Å². The van der Waals surface area contributed by atoms with Gasteiger partial charge in [-0.25, -0.2) is 14.8 Å². The first-order valence-corrected chi connectivity index (χ1v) is 11.2. The Kier molecular flexibility index (Phi) is 6.63. The van der Waals surface area contributed by atoms with Gasteiger partial charge in [0.25, 0.3) is 0 Å². The Balaban J connectivity index is 1.69. The molecule has 0 unspecified atom stereocenters. The lowest BCUT2D eigenvalue weighted by molar-refractivity contribution is -0.137. The molecule has 3 aromatic heterocycles. The van der Waals surface area contributed by atoms with E-state index in [0.717, 1.165) is 56.9 Å². The normalized spacial score (nSPS) is 11.7. The molecule has 4 rings (SSSR count). The Morgan fingerprint density at radius 2 is 1.70 bits per heavy atom. The van der Waals surface area contributed by atoms with Crippen molar-refractivity contribution in [1.82, 2.24) is 19.5 Å². The highest BCUT2D eigenvalue weighted by atomic mass is 16.5. The van der Waals surface area contributed by atoms with Crippen LogP contribution in [0.5, 0.6) is 0 Å². The van der Waals surface area contributed by atoms with Crippen molar-refractivity contribution in [3.63, 3.8) is 0 Å². The van der Waals surface area contributed by atoms with E-state index in [9.17, 15) is 4.79 Å². The number of aromatic nitrogens is 4. The molecule has 0 N–H and O–H groups in total. The van der Waals surface area contributed by atoms with E-state index in [-0.39, 0.29) is 5.97 Å². The van der Waals surface area contributed by atoms with Gasteiger partial charge in [-0.05, 0) is 66.8 Å². The van der Waals surface area contributed by atoms with Crippen LogP contribution in [-0.4, -0.2) is 32.1 Å². The quantitative estimate of drug-likeness (QED) is 0.297. The Morgan fingerprint density at radius 1 is 1.00 bits per heavy atom. The van der Waals surface area contributed by atoms with Gasteiger partial charge in [0, 0.05) is 30.6 Å². The molecule has 6 nitrogen and oxygen atoms in total. The minimum atomic E-state index is -0.359. The zero-order chi connectivity index (χ0) is 23.4. The number of pyridine rings is 2. The van der Waals surface area contributed by atoms with E-state index < -0.39 is 0 Å². The maximum Gasteiger partial charge on any atom is 0.331 e. The summed E-state index contributed by atoms with van der Waals surface area (Å²) < 4.78 is 7.34. The molecule has 0 spiro atoms. The van der Waals surface area contributed by atoms with E-state index in [2.05, 4.69) is 41.6 Å². The summed E-state index contributed by atoms with van der Waals surface area (Å²) in [6, 6.07) is 14.1. The van der Waals surface area contributed by atoms with Crippen molar-refractivity contribution < 1.29 is 9.53 Å². The molecule has 0 aliphatic rings. The van der Waals surface area contributed by atoms with E-state index in [1.807, 2.05) is 31.2 Å². The van der Waals surface area contributed by atoms with Crippen LogP contribution in [0, 0.1) is 13.8 Å². The molecule has 0 atom stereocenters. The van der Waals surface area contributed by atoms with Gasteiger partial charge < -0.3 is 9.30 Å². The molecular weight excluding hydrogens is 412 g/mol. The molecule has 3 heterocycles. The first-order chi connectivity index (χ1) is 16.0. The number of fused-ring (bicyclic) bond motifs is 1. The minimum absolute atomic E-state index is 0.337. The molecule has 6 heteroatoms. The predicted octanol–water partition coefficient (Wildman–Crippen LogP) is 5.05. The number of esters is 1. The van der Waals surface area contributed by atoms with Gasteiger partial charge in [0.1, 0.15) is 11.3 Å². The van der Waals surface area contributed by atoms with Crippen LogP contribution in [0.4, 0.5) is 0 Å². The smallest absolute Gasteiger partial charge is 0.331 e. The summed E-state index contributed by atoms with van der Waals surface area (Å²) in [5, 5.41) is 0. The Labute approximate surface area is 194 Å². The zero-order valence-electron chi connectivity index (χ0n) is 19.5. The summed E-state index contributed by atoms with van der Waals surface area (Å²) in [5.74, 6) is 0.664. The number of nitrogens with zero attached hydrogens (tertiary/aromatic N) is 4. The topological polar surface area (TPSA) is 69.9 Å². The number of imidazole rings is 1. The number of aryl methyl sites for hydroxylation is 3. The summed E-state index contributed by atoms with van der Waals surface area (Å²) in [7, 11) is 0. The van der Waals surface area contributed by atoms with Gasteiger partial charge in [-0.3, -0.25) is 4.98 Å². The highest BCUT2D eigenvalue weighted by molar-refractivity contribution is 5.96. The van der Waals surface area contributed by atoms with Crippen LogP contribution in [0.25, 0.3) is 16.7 Å². The summed E-state index contributed by atoms with van der Waals surface area (Å²) in [6.45, 7) is 9.03. The lowest BCUT2D eigenvalue weighted by Gasteiger charge is -2.11. The maximum atomic E-state index is 12.2. The average Bonchev–Trinajstić information content (AvgIpc) is 3.16. The standard InChI is InChI=1S/C27H28N4O2/c1-5-24-30-26-18(3)15-19(4)29-27(26)31(24)17-20-7-9-21(10-8-20)23(16-25(32)33-6-2)22-11-13-28-14-12-22/h7-16H,5-6,17H2,1-4H3/b23-16+. The van der Waals surface area contributed by atoms with Crippen LogP contribution in [0.15, 0.2) is 60.9 Å². The van der Waals surface area contributed by atoms with Crippen LogP contribution in [0.3, 0.4) is 0 Å². The fourth-order valence-electron chi connectivity index (χ4n) is 4.02. The number of hydrogen-bond donors (Lipinski definition) is 0. The summed E-state index contributed by atoms with van der Waals surface area (Å²) in [5.41, 5.74) is 7.82. The fourth-order valence-corrected chi connectivity index (χ4v) is 4.02. The molecule has 0 saturated heterocycles. The molecule has 0 saturated carbocycles. The first kappa shape index (κ1) is 22.4. The van der Waals surface area contributed by atoms with Crippen molar-refractivity contribution in [2.24, 2.45) is 0 Å². The van der Waals surface area contributed by atoms with Crippen LogP contribution in [0.1, 0.15) is 47.6 Å². The van der Waals surface area contributed by atoms with Gasteiger partial charge in [-0.15, -0.1) is 0 Å². The lowest BCUT2D eigenvalue weighted by Crippen LogP contribution is -2.06. The predicted molar refractivity (Wildman–Crippen MR) is 130 cm³/mol. The van der Waals surface area contributed by atoms with E-state index in [4.69, 9.17) is 14.7 Å². The Hall–Kier alpha value is -3.80. The second kappa shape index (κ2) is 9.77. The molecule has 0 aliphatic carbocycles. The molecule has 0 amide bonds. The fraction of sp³-hybridized carbons (Fsp3) is 0.259. The summed E-state index contributed by atoms with van der Waals surface area (Å²) >= 11 is 0. The van der Waals surface area contributed by atoms with Crippen molar-refractivity contribution in [3.8, 4) is 0 Å². The number of carbonyl (C=O) groups excluding carboxylic acids is 1. The van der Waals surface area contributed by atoms with Crippen molar-refractivity contribution in [2.45, 2.75) is 40.7 Å². The number of ether oxygens (including phenoxy) is 1. The molecule has 1 aromatic carbocycles. The third kappa shape index (κ3) is 4.85. The van der Waals surface area contributed by atoms with Crippen molar-refractivity contribution >= 4 is 22.7 Å². The van der Waals surface area contributed by atoms with E-state index in [1.165, 1.54) is 0 Å². The Morgan fingerprint density at radius 3 is 2.36 bits per heavy atom. The minimum Gasteiger partial charge on any atom is -0.463 e. The zero-order valence-corrected chi connectivity index (χ0v) is 19.5. The molecule has 4 aromatic rings. The number of hydrogen-bond acceptors (Lipinski definition) is 5. The second-order valence-corrected chi connectivity index (χ2v) is 7.96. The average molecular weight is 441 g/mol. The number of carbonyl (C=O) groups is 1. The first-order valence-electron chi connectivity index (χ1n) is 11.2. The van der Waals surface area contributed by atoms with Crippen LogP contribution >= 0.6 is 0 Å². The number of rotatable bonds is 7. The van der Waals surface area contributed by atoms with Gasteiger partial charge in [-0.2, -0.15) is 0 Å². The molecule has 0 bridgehead atoms. The van der Waals surface area contributed by atoms with E-state index in [1.54, 1.807) is 25.4 Å². The van der Waals surface area contributed by atoms with Crippen molar-refractivity contribution in [2.75, 3.05) is 6.61 Å². The largest absolute Gasteiger partial charge is 0.463 e. The Bertz CT molecular complexity index is 1310. The lowest BCUT2D eigenvalue weighted by atomic mass is 9.97. The molecule has 0 radical (unpaired) electrons. The molecular formula is C27H28N4O2. The molecule has 0 aliphatic heterocycles. The maximum absolute atomic E-state index is 12.2. The SMILES string of the molecule is CCOC(=O)/C=C(/c1ccncc1)c1ccc(Cn2c(CC)nc3c(C)cc(C)nc32)cc1. The molecule has 0 fully saturated rings. The van der Waals surface area contributed by atoms with Crippen LogP contribution < -0.4 is 0 Å². The molecule has 33 heavy (non-hydrogen) atoms. The highest BCUT2D eigenvalue weighted by Crippen LogP contribution is 2.25.